The minimum absolute atomic E-state index is 0.0542. The van der Waals surface area contributed by atoms with E-state index in [0.29, 0.717) is 29.4 Å². The molecule has 2 amide bonds. The Bertz CT molecular complexity index is 773. The van der Waals surface area contributed by atoms with E-state index in [-0.39, 0.29) is 23.8 Å². The van der Waals surface area contributed by atoms with Gasteiger partial charge < -0.3 is 10.6 Å². The molecule has 0 saturated carbocycles. The Kier molecular flexibility index (Phi) is 4.57. The average Bonchev–Trinajstić information content (AvgIpc) is 3.04. The molecule has 0 radical (unpaired) electrons. The van der Waals surface area contributed by atoms with Crippen molar-refractivity contribution in [3.63, 3.8) is 0 Å². The van der Waals surface area contributed by atoms with Crippen molar-refractivity contribution in [3.05, 3.63) is 47.2 Å². The van der Waals surface area contributed by atoms with Crippen molar-refractivity contribution in [3.8, 4) is 5.69 Å². The molecule has 3 rings (SSSR count). The van der Waals surface area contributed by atoms with E-state index in [1.165, 1.54) is 0 Å². The Labute approximate surface area is 145 Å². The van der Waals surface area contributed by atoms with Crippen LogP contribution in [-0.4, -0.2) is 39.1 Å². The first-order valence-electron chi connectivity index (χ1n) is 7.88. The van der Waals surface area contributed by atoms with Crippen LogP contribution in [0.1, 0.15) is 30.3 Å². The molecule has 1 aromatic carbocycles. The second kappa shape index (κ2) is 6.65. The maximum atomic E-state index is 12.8. The highest BCUT2D eigenvalue weighted by molar-refractivity contribution is 6.32. The first-order chi connectivity index (χ1) is 11.5. The van der Waals surface area contributed by atoms with Gasteiger partial charge in [0.2, 0.25) is 5.91 Å². The fourth-order valence-corrected chi connectivity index (χ4v) is 3.20. The fraction of sp³-hybridized carbons (Fsp3) is 0.353. The van der Waals surface area contributed by atoms with Crippen molar-refractivity contribution in [1.82, 2.24) is 14.7 Å². The number of halogens is 1. The van der Waals surface area contributed by atoms with Crippen LogP contribution in [0.15, 0.2) is 36.5 Å². The molecule has 2 N–H and O–H groups in total. The molecule has 0 aliphatic carbocycles. The van der Waals surface area contributed by atoms with Crippen molar-refractivity contribution in [1.29, 1.82) is 0 Å². The summed E-state index contributed by atoms with van der Waals surface area (Å²) in [5.41, 5.74) is 6.43. The van der Waals surface area contributed by atoms with Crippen molar-refractivity contribution < 1.29 is 9.59 Å². The van der Waals surface area contributed by atoms with Gasteiger partial charge in [0, 0.05) is 18.8 Å². The van der Waals surface area contributed by atoms with E-state index < -0.39 is 0 Å². The first kappa shape index (κ1) is 16.5. The zero-order valence-electron chi connectivity index (χ0n) is 13.4. The van der Waals surface area contributed by atoms with Crippen molar-refractivity contribution in [2.24, 2.45) is 11.7 Å². The Morgan fingerprint density at radius 2 is 2.00 bits per heavy atom. The summed E-state index contributed by atoms with van der Waals surface area (Å²) in [6.07, 6.45) is 3.17. The van der Waals surface area contributed by atoms with Crippen LogP contribution < -0.4 is 5.73 Å². The Morgan fingerprint density at radius 1 is 1.25 bits per heavy atom. The molecule has 1 aromatic heterocycles. The molecule has 2 heterocycles. The molecular weight excluding hydrogens is 328 g/mol. The highest BCUT2D eigenvalue weighted by Crippen LogP contribution is 2.24. The maximum absolute atomic E-state index is 12.8. The number of primary amides is 1. The average molecular weight is 347 g/mol. The summed E-state index contributed by atoms with van der Waals surface area (Å²) in [5.74, 6) is -0.851. The van der Waals surface area contributed by atoms with Crippen LogP contribution >= 0.6 is 11.6 Å². The van der Waals surface area contributed by atoms with Gasteiger partial charge in [-0.05, 0) is 38.0 Å². The quantitative estimate of drug-likeness (QED) is 0.925. The third-order valence-corrected chi connectivity index (χ3v) is 4.77. The molecule has 1 fully saturated rings. The van der Waals surface area contributed by atoms with Gasteiger partial charge in [-0.1, -0.05) is 23.7 Å². The van der Waals surface area contributed by atoms with Gasteiger partial charge in [-0.15, -0.1) is 0 Å². The van der Waals surface area contributed by atoms with Gasteiger partial charge in [0.05, 0.1) is 16.6 Å². The number of para-hydroxylation sites is 1. The normalized spacial score (nSPS) is 20.8. The summed E-state index contributed by atoms with van der Waals surface area (Å²) in [6.45, 7) is 2.31. The summed E-state index contributed by atoms with van der Waals surface area (Å²) in [4.78, 5) is 25.9. The molecule has 24 heavy (non-hydrogen) atoms. The summed E-state index contributed by atoms with van der Waals surface area (Å²) in [5, 5.41) is 4.90. The number of hydrogen-bond donors (Lipinski definition) is 1. The van der Waals surface area contributed by atoms with Crippen LogP contribution in [0.2, 0.25) is 5.02 Å². The molecule has 1 aliphatic heterocycles. The predicted molar refractivity (Wildman–Crippen MR) is 91.0 cm³/mol. The van der Waals surface area contributed by atoms with Gasteiger partial charge in [0.15, 0.2) is 5.69 Å². The monoisotopic (exact) mass is 346 g/mol. The van der Waals surface area contributed by atoms with Gasteiger partial charge in [0.1, 0.15) is 0 Å². The number of likely N-dealkylation sites (tertiary alicyclic amines) is 1. The van der Waals surface area contributed by atoms with E-state index in [2.05, 4.69) is 5.10 Å². The lowest BCUT2D eigenvalue weighted by atomic mass is 9.92. The largest absolute Gasteiger partial charge is 0.369 e. The topological polar surface area (TPSA) is 81.2 Å². The lowest BCUT2D eigenvalue weighted by Gasteiger charge is -2.36. The highest BCUT2D eigenvalue weighted by Gasteiger charge is 2.32. The Hall–Kier alpha value is -2.34. The number of rotatable bonds is 3. The third kappa shape index (κ3) is 3.14. The molecule has 0 spiro atoms. The van der Waals surface area contributed by atoms with Gasteiger partial charge in [-0.25, -0.2) is 4.68 Å². The molecule has 2 aromatic rings. The lowest BCUT2D eigenvalue weighted by Crippen LogP contribution is -2.48. The van der Waals surface area contributed by atoms with Gasteiger partial charge in [0.25, 0.3) is 5.91 Å². The molecule has 1 saturated heterocycles. The number of benzene rings is 1. The second-order valence-electron chi connectivity index (χ2n) is 6.08. The number of carbonyl (C=O) groups excluding carboxylic acids is 2. The maximum Gasteiger partial charge on any atom is 0.274 e. The Morgan fingerprint density at radius 3 is 2.71 bits per heavy atom. The van der Waals surface area contributed by atoms with Crippen LogP contribution in [-0.2, 0) is 4.79 Å². The Balaban J connectivity index is 1.83. The third-order valence-electron chi connectivity index (χ3n) is 4.45. The zero-order valence-corrected chi connectivity index (χ0v) is 14.1. The minimum atomic E-state index is -0.360. The van der Waals surface area contributed by atoms with Gasteiger partial charge >= 0.3 is 0 Å². The molecular formula is C17H19ClN4O2. The van der Waals surface area contributed by atoms with E-state index in [1.807, 2.05) is 25.1 Å². The number of carbonyl (C=O) groups is 2. The minimum Gasteiger partial charge on any atom is -0.369 e. The number of aromatic nitrogens is 2. The number of amides is 2. The number of piperidine rings is 1. The van der Waals surface area contributed by atoms with Crippen LogP contribution in [0.3, 0.4) is 0 Å². The zero-order chi connectivity index (χ0) is 17.3. The van der Waals surface area contributed by atoms with E-state index in [9.17, 15) is 9.59 Å². The van der Waals surface area contributed by atoms with Crippen molar-refractivity contribution in [2.75, 3.05) is 6.54 Å². The molecule has 2 atom stereocenters. The molecule has 7 heteroatoms. The van der Waals surface area contributed by atoms with Crippen molar-refractivity contribution >= 4 is 23.4 Å². The molecule has 6 nitrogen and oxygen atoms in total. The first-order valence-corrected chi connectivity index (χ1v) is 8.26. The number of hydrogen-bond acceptors (Lipinski definition) is 3. The molecule has 126 valence electrons. The fourth-order valence-electron chi connectivity index (χ4n) is 2.98. The standard InChI is InChI=1S/C17H19ClN4O2/c1-11-6-7-12(16(19)23)10-21(11)17(24)14-8-9-22(20-14)15-5-3-2-4-13(15)18/h2-5,8-9,11-12H,6-7,10H2,1H3,(H2,19,23). The van der Waals surface area contributed by atoms with Crippen LogP contribution in [0.4, 0.5) is 0 Å². The summed E-state index contributed by atoms with van der Waals surface area (Å²) in [7, 11) is 0. The molecule has 1 aliphatic rings. The van der Waals surface area contributed by atoms with E-state index in [0.717, 1.165) is 6.42 Å². The van der Waals surface area contributed by atoms with Crippen LogP contribution in [0.5, 0.6) is 0 Å². The molecule has 0 bridgehead atoms. The van der Waals surface area contributed by atoms with Crippen molar-refractivity contribution in [2.45, 2.75) is 25.8 Å². The van der Waals surface area contributed by atoms with Gasteiger partial charge in [-0.3, -0.25) is 9.59 Å². The lowest BCUT2D eigenvalue weighted by molar-refractivity contribution is -0.123. The van der Waals surface area contributed by atoms with E-state index >= 15 is 0 Å². The summed E-state index contributed by atoms with van der Waals surface area (Å²) >= 11 is 6.17. The van der Waals surface area contributed by atoms with E-state index in [1.54, 1.807) is 27.9 Å². The smallest absolute Gasteiger partial charge is 0.274 e. The van der Waals surface area contributed by atoms with E-state index in [4.69, 9.17) is 17.3 Å². The van der Waals surface area contributed by atoms with Crippen LogP contribution in [0.25, 0.3) is 5.69 Å². The number of nitrogens with two attached hydrogens (primary N) is 1. The van der Waals surface area contributed by atoms with Gasteiger partial charge in [-0.2, -0.15) is 5.10 Å². The summed E-state index contributed by atoms with van der Waals surface area (Å²) < 4.78 is 1.58. The number of nitrogens with zero attached hydrogens (tertiary/aromatic N) is 3. The second-order valence-corrected chi connectivity index (χ2v) is 6.49. The highest BCUT2D eigenvalue weighted by atomic mass is 35.5. The summed E-state index contributed by atoms with van der Waals surface area (Å²) in [6, 6.07) is 9.00. The SMILES string of the molecule is CC1CCC(C(N)=O)CN1C(=O)c1ccn(-c2ccccc2Cl)n1. The van der Waals surface area contributed by atoms with Crippen LogP contribution in [0, 0.1) is 5.92 Å². The molecule has 2 unspecified atom stereocenters. The predicted octanol–water partition coefficient (Wildman–Crippen LogP) is 2.25.